The molecule has 7 heteroatoms. The second kappa shape index (κ2) is 5.92. The summed E-state index contributed by atoms with van der Waals surface area (Å²) in [5.41, 5.74) is 5.41. The van der Waals surface area contributed by atoms with Crippen molar-refractivity contribution >= 4 is 38.5 Å². The van der Waals surface area contributed by atoms with Crippen molar-refractivity contribution in [2.75, 3.05) is 0 Å². The molecule has 0 fully saturated rings. The Balaban J connectivity index is 2.59. The Morgan fingerprint density at radius 1 is 1.29 bits per heavy atom. The Labute approximate surface area is 131 Å². The number of allylic oxidation sites excluding steroid dienone is 1. The molecule has 0 radical (unpaired) electrons. The lowest BCUT2D eigenvalue weighted by atomic mass is 10.0. The summed E-state index contributed by atoms with van der Waals surface area (Å²) >= 11 is 4.17. The van der Waals surface area contributed by atoms with E-state index in [9.17, 15) is 18.4 Å². The first-order chi connectivity index (χ1) is 9.84. The fraction of sp³-hybridized carbons (Fsp3) is 0.0714. The molecule has 108 valence electrons. The van der Waals surface area contributed by atoms with Gasteiger partial charge >= 0.3 is 6.18 Å². The number of hydrogen-bond acceptors (Lipinski definition) is 3. The molecule has 0 saturated carbocycles. The third-order valence-electron chi connectivity index (χ3n) is 2.73. The van der Waals surface area contributed by atoms with E-state index in [2.05, 4.69) is 15.9 Å². The molecule has 1 aromatic carbocycles. The van der Waals surface area contributed by atoms with Crippen molar-refractivity contribution in [2.24, 2.45) is 5.73 Å². The maximum absolute atomic E-state index is 12.9. The highest BCUT2D eigenvalue weighted by molar-refractivity contribution is 9.10. The van der Waals surface area contributed by atoms with Crippen molar-refractivity contribution in [3.63, 3.8) is 0 Å². The number of nitrogens with zero attached hydrogens (tertiary/aromatic N) is 1. The molecule has 0 aliphatic carbocycles. The fourth-order valence-electron chi connectivity index (χ4n) is 1.72. The van der Waals surface area contributed by atoms with E-state index in [-0.39, 0.29) is 21.3 Å². The average Bonchev–Trinajstić information content (AvgIpc) is 2.92. The first-order valence-electron chi connectivity index (χ1n) is 5.65. The van der Waals surface area contributed by atoms with Crippen molar-refractivity contribution in [3.05, 3.63) is 56.2 Å². The monoisotopic (exact) mass is 372 g/mol. The number of rotatable bonds is 2. The quantitative estimate of drug-likeness (QED) is 0.763. The third kappa shape index (κ3) is 3.28. The van der Waals surface area contributed by atoms with Gasteiger partial charge in [-0.3, -0.25) is 0 Å². The van der Waals surface area contributed by atoms with Crippen LogP contribution in [0.1, 0.15) is 16.0 Å². The largest absolute Gasteiger partial charge is 0.417 e. The van der Waals surface area contributed by atoms with Gasteiger partial charge in [-0.25, -0.2) is 0 Å². The van der Waals surface area contributed by atoms with Crippen molar-refractivity contribution in [1.82, 2.24) is 0 Å². The van der Waals surface area contributed by atoms with Gasteiger partial charge in [0, 0.05) is 9.35 Å². The Morgan fingerprint density at radius 2 is 2.00 bits per heavy atom. The van der Waals surface area contributed by atoms with E-state index in [0.29, 0.717) is 4.88 Å². The lowest BCUT2D eigenvalue weighted by molar-refractivity contribution is -0.138. The lowest BCUT2D eigenvalue weighted by Gasteiger charge is -2.12. The summed E-state index contributed by atoms with van der Waals surface area (Å²) in [6.45, 7) is 0. The molecule has 2 aromatic rings. The van der Waals surface area contributed by atoms with Crippen LogP contribution in [0.3, 0.4) is 0 Å². The van der Waals surface area contributed by atoms with Gasteiger partial charge in [0.05, 0.1) is 16.8 Å². The highest BCUT2D eigenvalue weighted by atomic mass is 79.9. The van der Waals surface area contributed by atoms with Crippen LogP contribution in [0.15, 0.2) is 40.2 Å². The molecule has 2 nitrogen and oxygen atoms in total. The van der Waals surface area contributed by atoms with Crippen LogP contribution in [-0.2, 0) is 6.18 Å². The molecule has 0 atom stereocenters. The lowest BCUT2D eigenvalue weighted by Crippen LogP contribution is -2.08. The molecule has 0 spiro atoms. The molecule has 0 saturated heterocycles. The van der Waals surface area contributed by atoms with Crippen LogP contribution in [0, 0.1) is 11.3 Å². The minimum absolute atomic E-state index is 0.0259. The number of halogens is 4. The number of thiophene rings is 1. The molecule has 0 aliphatic heterocycles. The first kappa shape index (κ1) is 15.6. The van der Waals surface area contributed by atoms with Gasteiger partial charge in [0.1, 0.15) is 6.07 Å². The van der Waals surface area contributed by atoms with Crippen LogP contribution in [-0.4, -0.2) is 0 Å². The number of nitriles is 1. The molecule has 2 rings (SSSR count). The Kier molecular flexibility index (Phi) is 4.40. The summed E-state index contributed by atoms with van der Waals surface area (Å²) in [4.78, 5) is 0.617. The zero-order valence-corrected chi connectivity index (χ0v) is 12.8. The first-order valence-corrected chi connectivity index (χ1v) is 7.32. The van der Waals surface area contributed by atoms with E-state index in [4.69, 9.17) is 5.73 Å². The van der Waals surface area contributed by atoms with Gasteiger partial charge in [-0.1, -0.05) is 28.1 Å². The van der Waals surface area contributed by atoms with Crippen LogP contribution >= 0.6 is 27.3 Å². The van der Waals surface area contributed by atoms with E-state index in [1.54, 1.807) is 17.5 Å². The average molecular weight is 373 g/mol. The second-order valence-electron chi connectivity index (χ2n) is 4.07. The van der Waals surface area contributed by atoms with E-state index < -0.39 is 11.7 Å². The van der Waals surface area contributed by atoms with E-state index in [1.807, 2.05) is 6.07 Å². The molecule has 0 amide bonds. The highest BCUT2D eigenvalue weighted by Crippen LogP contribution is 2.37. The van der Waals surface area contributed by atoms with Gasteiger partial charge in [0.15, 0.2) is 0 Å². The number of nitrogens with two attached hydrogens (primary N) is 1. The Morgan fingerprint density at radius 3 is 2.52 bits per heavy atom. The van der Waals surface area contributed by atoms with Crippen LogP contribution in [0.25, 0.3) is 11.3 Å². The summed E-state index contributed by atoms with van der Waals surface area (Å²) in [7, 11) is 0. The zero-order chi connectivity index (χ0) is 15.6. The molecular weight excluding hydrogens is 365 g/mol. The highest BCUT2D eigenvalue weighted by Gasteiger charge is 2.33. The number of alkyl halides is 3. The normalized spacial score (nSPS) is 12.7. The van der Waals surface area contributed by atoms with Gasteiger partial charge < -0.3 is 5.73 Å². The predicted octanol–water partition coefficient (Wildman–Crippen LogP) is 4.88. The predicted molar refractivity (Wildman–Crippen MR) is 80.1 cm³/mol. The van der Waals surface area contributed by atoms with Crippen molar-refractivity contribution in [2.45, 2.75) is 6.18 Å². The summed E-state index contributed by atoms with van der Waals surface area (Å²) in [5, 5.41) is 11.0. The molecule has 0 aliphatic rings. The van der Waals surface area contributed by atoms with Crippen molar-refractivity contribution in [1.29, 1.82) is 5.26 Å². The van der Waals surface area contributed by atoms with Crippen LogP contribution in [0.5, 0.6) is 0 Å². The zero-order valence-electron chi connectivity index (χ0n) is 10.4. The smallest absolute Gasteiger partial charge is 0.397 e. The summed E-state index contributed by atoms with van der Waals surface area (Å²) in [6, 6.07) is 9.04. The van der Waals surface area contributed by atoms with Gasteiger partial charge in [0.25, 0.3) is 0 Å². The Bertz CT molecular complexity index is 728. The SMILES string of the molecule is N#C/C(=C(/N)c1ccc(Br)c(C(F)(F)F)c1)c1cccs1. The number of benzene rings is 1. The molecule has 2 N–H and O–H groups in total. The van der Waals surface area contributed by atoms with Gasteiger partial charge in [-0.2, -0.15) is 18.4 Å². The van der Waals surface area contributed by atoms with E-state index in [1.165, 1.54) is 23.5 Å². The topological polar surface area (TPSA) is 49.8 Å². The molecule has 1 heterocycles. The van der Waals surface area contributed by atoms with Crippen LogP contribution in [0.4, 0.5) is 13.2 Å². The van der Waals surface area contributed by atoms with Crippen LogP contribution in [0.2, 0.25) is 0 Å². The maximum Gasteiger partial charge on any atom is 0.417 e. The van der Waals surface area contributed by atoms with Crippen molar-refractivity contribution < 1.29 is 13.2 Å². The van der Waals surface area contributed by atoms with Gasteiger partial charge in [-0.15, -0.1) is 11.3 Å². The molecule has 0 bridgehead atoms. The summed E-state index contributed by atoms with van der Waals surface area (Å²) < 4.78 is 38.6. The van der Waals surface area contributed by atoms with Gasteiger partial charge in [0.2, 0.25) is 0 Å². The van der Waals surface area contributed by atoms with Crippen molar-refractivity contribution in [3.8, 4) is 6.07 Å². The molecular formula is C14H8BrF3N2S. The molecule has 1 aromatic heterocycles. The Hall–Kier alpha value is -1.78. The van der Waals surface area contributed by atoms with E-state index >= 15 is 0 Å². The minimum atomic E-state index is -4.50. The standard InChI is InChI=1S/C14H8BrF3N2S/c15-11-4-3-8(6-10(11)14(16,17)18)13(20)9(7-19)12-2-1-5-21-12/h1-6H,20H2/b13-9-. The fourth-order valence-corrected chi connectivity index (χ4v) is 2.93. The maximum atomic E-state index is 12.9. The summed E-state index contributed by atoms with van der Waals surface area (Å²) in [6.07, 6.45) is -4.50. The molecule has 0 unspecified atom stereocenters. The molecule has 21 heavy (non-hydrogen) atoms. The van der Waals surface area contributed by atoms with Gasteiger partial charge in [-0.05, 0) is 29.1 Å². The summed E-state index contributed by atoms with van der Waals surface area (Å²) in [5.74, 6) is 0. The van der Waals surface area contributed by atoms with Crippen LogP contribution < -0.4 is 5.73 Å². The third-order valence-corrected chi connectivity index (χ3v) is 4.31. The van der Waals surface area contributed by atoms with E-state index in [0.717, 1.165) is 6.07 Å². The number of hydrogen-bond donors (Lipinski definition) is 1. The minimum Gasteiger partial charge on any atom is -0.397 e. The second-order valence-corrected chi connectivity index (χ2v) is 5.87.